The molecule has 0 spiro atoms. The summed E-state index contributed by atoms with van der Waals surface area (Å²) < 4.78 is 27.4. The third-order valence-electron chi connectivity index (χ3n) is 3.66. The third-order valence-corrected chi connectivity index (χ3v) is 5.43. The monoisotopic (exact) mass is 411 g/mol. The number of aryl methyl sites for hydroxylation is 1. The first-order valence-corrected chi connectivity index (χ1v) is 9.95. The lowest BCUT2D eigenvalue weighted by Crippen LogP contribution is -2.18. The van der Waals surface area contributed by atoms with Gasteiger partial charge in [-0.05, 0) is 50.1 Å². The Labute approximate surface area is 152 Å². The third kappa shape index (κ3) is 4.48. The first-order valence-electron chi connectivity index (χ1n) is 7.68. The molecule has 0 aliphatic carbocycles. The van der Waals surface area contributed by atoms with Crippen molar-refractivity contribution >= 4 is 32.2 Å². The summed E-state index contributed by atoms with van der Waals surface area (Å²) in [6, 6.07) is 8.41. The standard InChI is InChI=1S/C17H22BrN3O2S/c1-12(2)11-21-13(3)9-15(14(21)4)10-19-20-24(22,23)17-7-5-16(18)6-8-17/h5-10,12,20H,11H2,1-4H3. The number of hydrazone groups is 1. The van der Waals surface area contributed by atoms with Crippen LogP contribution in [-0.4, -0.2) is 19.2 Å². The zero-order chi connectivity index (χ0) is 17.9. The second-order valence-electron chi connectivity index (χ2n) is 6.14. The first-order chi connectivity index (χ1) is 11.2. The van der Waals surface area contributed by atoms with E-state index in [-0.39, 0.29) is 4.90 Å². The van der Waals surface area contributed by atoms with Gasteiger partial charge in [-0.3, -0.25) is 0 Å². The number of rotatable bonds is 6. The molecule has 0 aliphatic rings. The van der Waals surface area contributed by atoms with E-state index in [1.54, 1.807) is 18.3 Å². The van der Waals surface area contributed by atoms with Crippen molar-refractivity contribution < 1.29 is 8.42 Å². The molecule has 0 saturated carbocycles. The SMILES string of the molecule is Cc1cc(C=NNS(=O)(=O)c2ccc(Br)cc2)c(C)n1CC(C)C. The average Bonchev–Trinajstić information content (AvgIpc) is 2.75. The predicted molar refractivity (Wildman–Crippen MR) is 101 cm³/mol. The minimum atomic E-state index is -3.66. The summed E-state index contributed by atoms with van der Waals surface area (Å²) in [7, 11) is -3.66. The van der Waals surface area contributed by atoms with E-state index in [9.17, 15) is 8.42 Å². The van der Waals surface area contributed by atoms with Crippen LogP contribution in [0.5, 0.6) is 0 Å². The van der Waals surface area contributed by atoms with E-state index in [1.807, 2.05) is 19.9 Å². The summed E-state index contributed by atoms with van der Waals surface area (Å²) in [5, 5.41) is 3.92. The van der Waals surface area contributed by atoms with E-state index >= 15 is 0 Å². The lowest BCUT2D eigenvalue weighted by molar-refractivity contribution is 0.509. The van der Waals surface area contributed by atoms with Crippen LogP contribution >= 0.6 is 15.9 Å². The number of sulfonamides is 1. The lowest BCUT2D eigenvalue weighted by atomic mass is 10.2. The van der Waals surface area contributed by atoms with Crippen molar-refractivity contribution in [2.45, 2.75) is 39.1 Å². The summed E-state index contributed by atoms with van der Waals surface area (Å²) in [5.74, 6) is 0.537. The Morgan fingerprint density at radius 2 is 1.88 bits per heavy atom. The molecule has 1 aromatic heterocycles. The second-order valence-corrected chi connectivity index (χ2v) is 8.71. The highest BCUT2D eigenvalue weighted by Crippen LogP contribution is 2.16. The molecule has 130 valence electrons. The van der Waals surface area contributed by atoms with Gasteiger partial charge in [0, 0.05) is 28.0 Å². The first kappa shape index (κ1) is 18.7. The zero-order valence-electron chi connectivity index (χ0n) is 14.2. The minimum absolute atomic E-state index is 0.174. The summed E-state index contributed by atoms with van der Waals surface area (Å²) in [6.45, 7) is 9.31. The molecule has 2 rings (SSSR count). The van der Waals surface area contributed by atoms with Crippen LogP contribution in [0.4, 0.5) is 0 Å². The summed E-state index contributed by atoms with van der Waals surface area (Å²) >= 11 is 3.28. The summed E-state index contributed by atoms with van der Waals surface area (Å²) in [6.07, 6.45) is 1.55. The molecule has 0 unspecified atom stereocenters. The van der Waals surface area contributed by atoms with Crippen LogP contribution in [0.25, 0.3) is 0 Å². The van der Waals surface area contributed by atoms with Crippen molar-refractivity contribution in [3.8, 4) is 0 Å². The van der Waals surface area contributed by atoms with Crippen LogP contribution in [0, 0.1) is 19.8 Å². The maximum absolute atomic E-state index is 12.2. The second kappa shape index (κ2) is 7.53. The lowest BCUT2D eigenvalue weighted by Gasteiger charge is -2.11. The number of benzene rings is 1. The molecular weight excluding hydrogens is 390 g/mol. The van der Waals surface area contributed by atoms with Gasteiger partial charge in [-0.2, -0.15) is 13.5 Å². The Hall–Kier alpha value is -1.60. The van der Waals surface area contributed by atoms with E-state index in [2.05, 4.69) is 44.3 Å². The molecule has 7 heteroatoms. The highest BCUT2D eigenvalue weighted by molar-refractivity contribution is 9.10. The smallest absolute Gasteiger partial charge is 0.276 e. The fourth-order valence-electron chi connectivity index (χ4n) is 2.44. The molecule has 5 nitrogen and oxygen atoms in total. The van der Waals surface area contributed by atoms with Gasteiger partial charge in [0.25, 0.3) is 10.0 Å². The van der Waals surface area contributed by atoms with Crippen LogP contribution in [0.2, 0.25) is 0 Å². The van der Waals surface area contributed by atoms with Gasteiger partial charge in [0.1, 0.15) is 0 Å². The van der Waals surface area contributed by atoms with E-state index in [1.165, 1.54) is 12.1 Å². The van der Waals surface area contributed by atoms with Gasteiger partial charge in [0.05, 0.1) is 11.1 Å². The molecule has 1 N–H and O–H groups in total. The quantitative estimate of drug-likeness (QED) is 0.579. The Morgan fingerprint density at radius 3 is 2.46 bits per heavy atom. The predicted octanol–water partition coefficient (Wildman–Crippen LogP) is 3.84. The molecule has 0 atom stereocenters. The Bertz CT molecular complexity index is 837. The Morgan fingerprint density at radius 1 is 1.25 bits per heavy atom. The van der Waals surface area contributed by atoms with Crippen LogP contribution in [0.3, 0.4) is 0 Å². The van der Waals surface area contributed by atoms with Crippen molar-refractivity contribution in [1.82, 2.24) is 9.40 Å². The number of hydrogen-bond acceptors (Lipinski definition) is 3. The van der Waals surface area contributed by atoms with Gasteiger partial charge in [0.2, 0.25) is 0 Å². The van der Waals surface area contributed by atoms with Gasteiger partial charge < -0.3 is 4.57 Å². The van der Waals surface area contributed by atoms with E-state index in [0.717, 1.165) is 28.0 Å². The molecule has 1 heterocycles. The van der Waals surface area contributed by atoms with Crippen LogP contribution in [-0.2, 0) is 16.6 Å². The van der Waals surface area contributed by atoms with Crippen molar-refractivity contribution in [2.75, 3.05) is 0 Å². The molecular formula is C17H22BrN3O2S. The van der Waals surface area contributed by atoms with Crippen LogP contribution in [0.15, 0.2) is 44.8 Å². The van der Waals surface area contributed by atoms with Crippen LogP contribution < -0.4 is 4.83 Å². The number of nitrogens with zero attached hydrogens (tertiary/aromatic N) is 2. The summed E-state index contributed by atoms with van der Waals surface area (Å²) in [4.78, 5) is 2.43. The van der Waals surface area contributed by atoms with Gasteiger partial charge in [-0.25, -0.2) is 4.83 Å². The highest BCUT2D eigenvalue weighted by atomic mass is 79.9. The maximum Gasteiger partial charge on any atom is 0.276 e. The molecule has 0 amide bonds. The van der Waals surface area contributed by atoms with Gasteiger partial charge in [0.15, 0.2) is 0 Å². The van der Waals surface area contributed by atoms with E-state index in [4.69, 9.17) is 0 Å². The van der Waals surface area contributed by atoms with E-state index in [0.29, 0.717) is 5.92 Å². The highest BCUT2D eigenvalue weighted by Gasteiger charge is 2.13. The molecule has 24 heavy (non-hydrogen) atoms. The minimum Gasteiger partial charge on any atom is -0.348 e. The topological polar surface area (TPSA) is 63.5 Å². The largest absolute Gasteiger partial charge is 0.348 e. The normalized spacial score (nSPS) is 12.2. The average molecular weight is 412 g/mol. The van der Waals surface area contributed by atoms with Gasteiger partial charge in [-0.15, -0.1) is 0 Å². The molecule has 0 fully saturated rings. The van der Waals surface area contributed by atoms with Crippen molar-refractivity contribution in [2.24, 2.45) is 11.0 Å². The van der Waals surface area contributed by atoms with Crippen molar-refractivity contribution in [3.63, 3.8) is 0 Å². The summed E-state index contributed by atoms with van der Waals surface area (Å²) in [5.41, 5.74) is 3.12. The fourth-order valence-corrected chi connectivity index (χ4v) is 3.49. The number of hydrogen-bond donors (Lipinski definition) is 1. The molecule has 0 radical (unpaired) electrons. The van der Waals surface area contributed by atoms with E-state index < -0.39 is 10.0 Å². The molecule has 0 aliphatic heterocycles. The Balaban J connectivity index is 2.15. The maximum atomic E-state index is 12.2. The molecule has 1 aromatic carbocycles. The molecule has 0 saturated heterocycles. The number of nitrogens with one attached hydrogen (secondary N) is 1. The molecule has 0 bridgehead atoms. The van der Waals surface area contributed by atoms with Gasteiger partial charge in [-0.1, -0.05) is 29.8 Å². The number of halogens is 1. The van der Waals surface area contributed by atoms with Crippen molar-refractivity contribution in [3.05, 3.63) is 51.8 Å². The Kier molecular flexibility index (Phi) is 5.87. The van der Waals surface area contributed by atoms with Gasteiger partial charge >= 0.3 is 0 Å². The number of aromatic nitrogens is 1. The van der Waals surface area contributed by atoms with Crippen molar-refractivity contribution in [1.29, 1.82) is 0 Å². The zero-order valence-corrected chi connectivity index (χ0v) is 16.6. The van der Waals surface area contributed by atoms with Crippen LogP contribution in [0.1, 0.15) is 30.8 Å². The molecule has 2 aromatic rings. The fraction of sp³-hybridized carbons (Fsp3) is 0.353.